The molecule has 1 fully saturated rings. The normalized spacial score (nSPS) is 20.6. The lowest BCUT2D eigenvalue weighted by Crippen LogP contribution is -2.38. The second-order valence-corrected chi connectivity index (χ2v) is 5.21. The van der Waals surface area contributed by atoms with Gasteiger partial charge >= 0.3 is 0 Å². The Morgan fingerprint density at radius 1 is 1.47 bits per heavy atom. The quantitative estimate of drug-likeness (QED) is 0.890. The molecule has 2 aromatic rings. The van der Waals surface area contributed by atoms with Crippen molar-refractivity contribution in [3.05, 3.63) is 30.6 Å². The van der Waals surface area contributed by atoms with Gasteiger partial charge in [0.2, 0.25) is 5.91 Å². The van der Waals surface area contributed by atoms with Crippen molar-refractivity contribution < 1.29 is 4.79 Å². The Balaban J connectivity index is 1.71. The Labute approximate surface area is 112 Å². The maximum Gasteiger partial charge on any atom is 0.228 e. The van der Waals surface area contributed by atoms with E-state index >= 15 is 0 Å². The fourth-order valence-electron chi connectivity index (χ4n) is 2.62. The molecule has 3 rings (SSSR count). The van der Waals surface area contributed by atoms with Crippen LogP contribution in [-0.2, 0) is 4.79 Å². The molecular weight excluding hydrogens is 240 g/mol. The van der Waals surface area contributed by atoms with Crippen LogP contribution in [0.2, 0.25) is 0 Å². The van der Waals surface area contributed by atoms with Gasteiger partial charge in [-0.25, -0.2) is 4.52 Å². The van der Waals surface area contributed by atoms with Crippen molar-refractivity contribution in [1.82, 2.24) is 14.5 Å². The molecule has 1 atom stereocenters. The first-order valence-corrected chi connectivity index (χ1v) is 6.65. The van der Waals surface area contributed by atoms with Crippen LogP contribution in [0.4, 0.5) is 5.69 Å². The van der Waals surface area contributed by atoms with Crippen molar-refractivity contribution in [3.63, 3.8) is 0 Å². The summed E-state index contributed by atoms with van der Waals surface area (Å²) in [6, 6.07) is 5.74. The van der Waals surface area contributed by atoms with Gasteiger partial charge < -0.3 is 10.2 Å². The van der Waals surface area contributed by atoms with E-state index < -0.39 is 0 Å². The molecule has 1 aliphatic rings. The molecule has 1 N–H and O–H groups in total. The van der Waals surface area contributed by atoms with Crippen molar-refractivity contribution >= 4 is 17.1 Å². The van der Waals surface area contributed by atoms with Crippen molar-refractivity contribution in [2.45, 2.75) is 12.8 Å². The third-order valence-electron chi connectivity index (χ3n) is 3.66. The molecular formula is C14H18N4O. The van der Waals surface area contributed by atoms with Crippen molar-refractivity contribution in [3.8, 4) is 0 Å². The summed E-state index contributed by atoms with van der Waals surface area (Å²) >= 11 is 0. The number of carbonyl (C=O) groups is 1. The van der Waals surface area contributed by atoms with Crippen LogP contribution in [-0.4, -0.2) is 40.6 Å². The van der Waals surface area contributed by atoms with E-state index in [-0.39, 0.29) is 11.8 Å². The number of amides is 1. The molecule has 1 aliphatic heterocycles. The standard InChI is InChI=1S/C14H18N4O/c1-17-7-2-3-11(10-17)14(19)16-12-5-8-18-13(9-12)4-6-15-18/h4-6,8-9,11H,2-3,7,10H2,1H3,(H,16,19). The third kappa shape index (κ3) is 2.61. The predicted molar refractivity (Wildman–Crippen MR) is 74.0 cm³/mol. The molecule has 0 spiro atoms. The van der Waals surface area contributed by atoms with Crippen molar-refractivity contribution in [1.29, 1.82) is 0 Å². The Bertz CT molecular complexity index is 592. The predicted octanol–water partition coefficient (Wildman–Crippen LogP) is 1.61. The lowest BCUT2D eigenvalue weighted by atomic mass is 9.97. The Kier molecular flexibility index (Phi) is 3.21. The molecule has 0 bridgehead atoms. The van der Waals surface area contributed by atoms with E-state index in [0.29, 0.717) is 0 Å². The molecule has 5 nitrogen and oxygen atoms in total. The molecule has 19 heavy (non-hydrogen) atoms. The summed E-state index contributed by atoms with van der Waals surface area (Å²) in [5.74, 6) is 0.218. The van der Waals surface area contributed by atoms with Crippen LogP contribution in [0.3, 0.4) is 0 Å². The molecule has 3 heterocycles. The summed E-state index contributed by atoms with van der Waals surface area (Å²) in [7, 11) is 2.07. The van der Waals surface area contributed by atoms with Crippen LogP contribution in [0.25, 0.3) is 5.52 Å². The van der Waals surface area contributed by atoms with Crippen LogP contribution in [0, 0.1) is 5.92 Å². The summed E-state index contributed by atoms with van der Waals surface area (Å²) < 4.78 is 1.78. The topological polar surface area (TPSA) is 49.6 Å². The minimum atomic E-state index is 0.0971. The molecule has 5 heteroatoms. The second kappa shape index (κ2) is 5.01. The number of pyridine rings is 1. The minimum Gasteiger partial charge on any atom is -0.326 e. The van der Waals surface area contributed by atoms with Gasteiger partial charge in [-0.2, -0.15) is 5.10 Å². The summed E-state index contributed by atoms with van der Waals surface area (Å²) in [5.41, 5.74) is 1.82. The number of nitrogens with zero attached hydrogens (tertiary/aromatic N) is 3. The number of piperidine rings is 1. The van der Waals surface area contributed by atoms with Crippen LogP contribution in [0.15, 0.2) is 30.6 Å². The number of aromatic nitrogens is 2. The lowest BCUT2D eigenvalue weighted by molar-refractivity contribution is -0.121. The second-order valence-electron chi connectivity index (χ2n) is 5.21. The first-order chi connectivity index (χ1) is 9.22. The van der Waals surface area contributed by atoms with Gasteiger partial charge in [-0.1, -0.05) is 0 Å². The van der Waals surface area contributed by atoms with E-state index in [2.05, 4.69) is 22.4 Å². The molecule has 0 radical (unpaired) electrons. The molecule has 1 saturated heterocycles. The van der Waals surface area contributed by atoms with Gasteiger partial charge in [0.25, 0.3) is 0 Å². The van der Waals surface area contributed by atoms with E-state index in [1.54, 1.807) is 10.7 Å². The highest BCUT2D eigenvalue weighted by atomic mass is 16.1. The minimum absolute atomic E-state index is 0.0971. The van der Waals surface area contributed by atoms with E-state index in [1.807, 2.05) is 24.4 Å². The molecule has 0 aliphatic carbocycles. The largest absolute Gasteiger partial charge is 0.326 e. The Morgan fingerprint density at radius 3 is 3.21 bits per heavy atom. The van der Waals surface area contributed by atoms with Gasteiger partial charge in [-0.15, -0.1) is 0 Å². The average molecular weight is 258 g/mol. The average Bonchev–Trinajstić information content (AvgIpc) is 2.86. The van der Waals surface area contributed by atoms with E-state index in [0.717, 1.165) is 37.1 Å². The van der Waals surface area contributed by atoms with Gasteiger partial charge in [0.05, 0.1) is 11.4 Å². The summed E-state index contributed by atoms with van der Waals surface area (Å²) in [6.45, 7) is 1.94. The van der Waals surface area contributed by atoms with Crippen LogP contribution >= 0.6 is 0 Å². The number of carbonyl (C=O) groups excluding carboxylic acids is 1. The van der Waals surface area contributed by atoms with Gasteiger partial charge in [0, 0.05) is 24.6 Å². The SMILES string of the molecule is CN1CCCC(C(=O)Nc2ccn3nccc3c2)C1. The maximum atomic E-state index is 12.2. The molecule has 100 valence electrons. The lowest BCUT2D eigenvalue weighted by Gasteiger charge is -2.28. The molecule has 1 amide bonds. The fourth-order valence-corrected chi connectivity index (χ4v) is 2.62. The van der Waals surface area contributed by atoms with Crippen molar-refractivity contribution in [2.75, 3.05) is 25.5 Å². The smallest absolute Gasteiger partial charge is 0.228 e. The first kappa shape index (κ1) is 12.2. The van der Waals surface area contributed by atoms with Gasteiger partial charge in [-0.05, 0) is 44.6 Å². The number of rotatable bonds is 2. The van der Waals surface area contributed by atoms with Gasteiger partial charge in [0.15, 0.2) is 0 Å². The summed E-state index contributed by atoms with van der Waals surface area (Å²) in [5, 5.41) is 7.14. The zero-order valence-corrected chi connectivity index (χ0v) is 11.0. The highest BCUT2D eigenvalue weighted by molar-refractivity contribution is 5.93. The third-order valence-corrected chi connectivity index (χ3v) is 3.66. The van der Waals surface area contributed by atoms with Crippen LogP contribution < -0.4 is 5.32 Å². The van der Waals surface area contributed by atoms with E-state index in [1.165, 1.54) is 0 Å². The maximum absolute atomic E-state index is 12.2. The number of anilines is 1. The summed E-state index contributed by atoms with van der Waals surface area (Å²) in [4.78, 5) is 14.4. The van der Waals surface area contributed by atoms with E-state index in [9.17, 15) is 4.79 Å². The number of fused-ring (bicyclic) bond motifs is 1. The summed E-state index contributed by atoms with van der Waals surface area (Å²) in [6.07, 6.45) is 5.68. The molecule has 2 aromatic heterocycles. The number of hydrogen-bond acceptors (Lipinski definition) is 3. The zero-order chi connectivity index (χ0) is 13.2. The van der Waals surface area contributed by atoms with Crippen LogP contribution in [0.1, 0.15) is 12.8 Å². The number of likely N-dealkylation sites (tertiary alicyclic amines) is 1. The monoisotopic (exact) mass is 258 g/mol. The number of nitrogens with one attached hydrogen (secondary N) is 1. The van der Waals surface area contributed by atoms with Crippen molar-refractivity contribution in [2.24, 2.45) is 5.92 Å². The Hall–Kier alpha value is -1.88. The zero-order valence-electron chi connectivity index (χ0n) is 11.0. The van der Waals surface area contributed by atoms with Gasteiger partial charge in [-0.3, -0.25) is 4.79 Å². The van der Waals surface area contributed by atoms with Gasteiger partial charge in [0.1, 0.15) is 0 Å². The highest BCUT2D eigenvalue weighted by Gasteiger charge is 2.23. The molecule has 0 aromatic carbocycles. The Morgan fingerprint density at radius 2 is 2.37 bits per heavy atom. The molecule has 0 saturated carbocycles. The fraction of sp³-hybridized carbons (Fsp3) is 0.429. The highest BCUT2D eigenvalue weighted by Crippen LogP contribution is 2.18. The van der Waals surface area contributed by atoms with Crippen LogP contribution in [0.5, 0.6) is 0 Å². The molecule has 1 unspecified atom stereocenters. The number of hydrogen-bond donors (Lipinski definition) is 1. The van der Waals surface area contributed by atoms with E-state index in [4.69, 9.17) is 0 Å². The first-order valence-electron chi connectivity index (χ1n) is 6.65.